The van der Waals surface area contributed by atoms with Gasteiger partial charge in [0.1, 0.15) is 0 Å². The Hall–Kier alpha value is -0.275. The summed E-state index contributed by atoms with van der Waals surface area (Å²) in [7, 11) is 3.15. The molecule has 3 heteroatoms. The summed E-state index contributed by atoms with van der Waals surface area (Å²) >= 11 is 0. The molecule has 0 rings (SSSR count). The highest BCUT2D eigenvalue weighted by Crippen LogP contribution is 1.77. The molecule has 0 amide bonds. The molecule has 2 nitrogen and oxygen atoms in total. The lowest BCUT2D eigenvalue weighted by molar-refractivity contribution is 0.285. The van der Waals surface area contributed by atoms with Crippen LogP contribution in [-0.4, -0.2) is 21.3 Å². The molecule has 0 fully saturated rings. The van der Waals surface area contributed by atoms with Gasteiger partial charge in [-0.3, -0.25) is 0 Å². The Morgan fingerprint density at radius 1 is 0.929 bits per heavy atom. The van der Waals surface area contributed by atoms with Crippen LogP contribution in [-0.2, 0) is 9.31 Å². The molecule has 0 spiro atoms. The van der Waals surface area contributed by atoms with E-state index in [2.05, 4.69) is 15.9 Å². The van der Waals surface area contributed by atoms with E-state index >= 15 is 0 Å². The summed E-state index contributed by atoms with van der Waals surface area (Å²) in [6.45, 7) is 17.3. The summed E-state index contributed by atoms with van der Waals surface area (Å²) < 4.78 is 9.35. The fourth-order valence-electron chi connectivity index (χ4n) is 0.0962. The first-order chi connectivity index (χ1) is 6.54. The lowest BCUT2D eigenvalue weighted by Gasteiger charge is -1.97. The summed E-state index contributed by atoms with van der Waals surface area (Å²) in [5.74, 6) is 0. The van der Waals surface area contributed by atoms with Crippen molar-refractivity contribution in [3.8, 4) is 0 Å². The van der Waals surface area contributed by atoms with Crippen molar-refractivity contribution in [2.75, 3.05) is 14.2 Å². The average Bonchev–Trinajstić information content (AvgIpc) is 2.22. The van der Waals surface area contributed by atoms with Gasteiger partial charge >= 0.3 is 7.12 Å². The molecule has 0 bridgehead atoms. The summed E-state index contributed by atoms with van der Waals surface area (Å²) in [6.07, 6.45) is 0. The Balaban J connectivity index is -0.0000000546. The fourth-order valence-corrected chi connectivity index (χ4v) is 0.0962. The molecule has 0 heterocycles. The van der Waals surface area contributed by atoms with Crippen molar-refractivity contribution in [3.63, 3.8) is 0 Å². The highest BCUT2D eigenvalue weighted by molar-refractivity contribution is 6.42. The first-order valence-electron chi connectivity index (χ1n) is 5.22. The van der Waals surface area contributed by atoms with Crippen LogP contribution in [0.2, 0.25) is 6.82 Å². The van der Waals surface area contributed by atoms with Gasteiger partial charge in [0.2, 0.25) is 0 Å². The van der Waals surface area contributed by atoms with Crippen LogP contribution in [0.25, 0.3) is 0 Å². The third kappa shape index (κ3) is 97.2. The molecule has 0 radical (unpaired) electrons. The normalized spacial score (nSPS) is 6.36. The van der Waals surface area contributed by atoms with E-state index in [1.807, 2.05) is 48.4 Å². The predicted octanol–water partition coefficient (Wildman–Crippen LogP) is 4.03. The second kappa shape index (κ2) is 29.3. The van der Waals surface area contributed by atoms with Crippen molar-refractivity contribution in [3.05, 3.63) is 12.2 Å². The summed E-state index contributed by atoms with van der Waals surface area (Å²) in [5.41, 5.74) is 1.17. The van der Waals surface area contributed by atoms with Gasteiger partial charge in [0.05, 0.1) is 0 Å². The highest BCUT2D eigenvalue weighted by Gasteiger charge is 2.00. The molecule has 0 aromatic heterocycles. The molecule has 0 saturated carbocycles. The van der Waals surface area contributed by atoms with Gasteiger partial charge in [-0.15, -0.1) is 6.58 Å². The van der Waals surface area contributed by atoms with Gasteiger partial charge < -0.3 is 9.31 Å². The lowest BCUT2D eigenvalue weighted by atomic mass is 9.96. The van der Waals surface area contributed by atoms with Crippen LogP contribution in [0.3, 0.4) is 0 Å². The van der Waals surface area contributed by atoms with E-state index < -0.39 is 0 Å². The van der Waals surface area contributed by atoms with Gasteiger partial charge in [0.15, 0.2) is 0 Å². The van der Waals surface area contributed by atoms with Crippen LogP contribution in [0.5, 0.6) is 0 Å². The van der Waals surface area contributed by atoms with Crippen molar-refractivity contribution in [2.45, 2.75) is 48.4 Å². The smallest absolute Gasteiger partial charge is 0.414 e. The molecular formula is C11H29BO2. The Labute approximate surface area is 91.8 Å². The predicted molar refractivity (Wildman–Crippen MR) is 68.8 cm³/mol. The number of hydrogen-bond donors (Lipinski definition) is 0. The van der Waals surface area contributed by atoms with Crippen molar-refractivity contribution in [1.82, 2.24) is 0 Å². The van der Waals surface area contributed by atoms with Crippen LogP contribution >= 0.6 is 0 Å². The Morgan fingerprint density at radius 2 is 1.07 bits per heavy atom. The van der Waals surface area contributed by atoms with Crippen LogP contribution in [0.4, 0.5) is 0 Å². The summed E-state index contributed by atoms with van der Waals surface area (Å²) in [5, 5.41) is 0. The van der Waals surface area contributed by atoms with E-state index in [1.165, 1.54) is 5.57 Å². The molecule has 0 aromatic carbocycles. The van der Waals surface area contributed by atoms with Crippen molar-refractivity contribution in [2.24, 2.45) is 0 Å². The topological polar surface area (TPSA) is 18.5 Å². The first kappa shape index (κ1) is 23.5. The molecule has 0 N–H and O–H groups in total. The molecule has 0 aliphatic rings. The van der Waals surface area contributed by atoms with Gasteiger partial charge in [-0.2, -0.15) is 0 Å². The molecule has 14 heavy (non-hydrogen) atoms. The zero-order chi connectivity index (χ0) is 12.6. The maximum Gasteiger partial charge on any atom is 0.453 e. The van der Waals surface area contributed by atoms with E-state index in [1.54, 1.807) is 14.2 Å². The molecule has 0 aromatic rings. The van der Waals surface area contributed by atoms with Gasteiger partial charge in [-0.25, -0.2) is 0 Å². The summed E-state index contributed by atoms with van der Waals surface area (Å²) in [4.78, 5) is 0. The quantitative estimate of drug-likeness (QED) is 0.499. The first-order valence-corrected chi connectivity index (χ1v) is 5.22. The van der Waals surface area contributed by atoms with Gasteiger partial charge in [0, 0.05) is 14.2 Å². The van der Waals surface area contributed by atoms with Gasteiger partial charge in [-0.1, -0.05) is 33.3 Å². The van der Waals surface area contributed by atoms with E-state index in [0.29, 0.717) is 0 Å². The van der Waals surface area contributed by atoms with Crippen LogP contribution in [0, 0.1) is 0 Å². The van der Waals surface area contributed by atoms with E-state index in [4.69, 9.17) is 0 Å². The highest BCUT2D eigenvalue weighted by atomic mass is 16.6. The summed E-state index contributed by atoms with van der Waals surface area (Å²) in [6, 6.07) is 0. The maximum atomic E-state index is 4.68. The zero-order valence-corrected chi connectivity index (χ0v) is 11.6. The Morgan fingerprint density at radius 3 is 1.07 bits per heavy atom. The minimum absolute atomic E-state index is 0.0648. The van der Waals surface area contributed by atoms with E-state index in [-0.39, 0.29) is 7.12 Å². The van der Waals surface area contributed by atoms with E-state index in [9.17, 15) is 0 Å². The van der Waals surface area contributed by atoms with E-state index in [0.717, 1.165) is 0 Å². The second-order valence-corrected chi connectivity index (χ2v) is 2.25. The average molecular weight is 204 g/mol. The lowest BCUT2D eigenvalue weighted by Crippen LogP contribution is -2.12. The SMILES string of the molecule is C=C(C)C.CC.CC.COB(C)OC. The van der Waals surface area contributed by atoms with Crippen LogP contribution in [0.1, 0.15) is 41.5 Å². The molecular weight excluding hydrogens is 175 g/mol. The minimum atomic E-state index is -0.0648. The second-order valence-electron chi connectivity index (χ2n) is 2.25. The van der Waals surface area contributed by atoms with Gasteiger partial charge in [0.25, 0.3) is 0 Å². The maximum absolute atomic E-state index is 4.68. The van der Waals surface area contributed by atoms with Crippen molar-refractivity contribution >= 4 is 7.12 Å². The molecule has 0 unspecified atom stereocenters. The third-order valence-electron chi connectivity index (χ3n) is 0.664. The van der Waals surface area contributed by atoms with Crippen LogP contribution in [0.15, 0.2) is 12.2 Å². The number of rotatable bonds is 2. The van der Waals surface area contributed by atoms with Crippen molar-refractivity contribution < 1.29 is 9.31 Å². The molecule has 0 atom stereocenters. The number of hydrogen-bond acceptors (Lipinski definition) is 2. The fraction of sp³-hybridized carbons (Fsp3) is 0.818. The van der Waals surface area contributed by atoms with Crippen molar-refractivity contribution in [1.29, 1.82) is 0 Å². The Kier molecular flexibility index (Phi) is 49.2. The largest absolute Gasteiger partial charge is 0.453 e. The molecule has 0 aliphatic heterocycles. The number of allylic oxidation sites excluding steroid dienone is 1. The molecule has 0 aliphatic carbocycles. The zero-order valence-electron chi connectivity index (χ0n) is 11.6. The van der Waals surface area contributed by atoms with Crippen LogP contribution < -0.4 is 0 Å². The molecule has 88 valence electrons. The third-order valence-corrected chi connectivity index (χ3v) is 0.664. The van der Waals surface area contributed by atoms with Gasteiger partial charge in [-0.05, 0) is 20.7 Å². The molecule has 0 saturated heterocycles. The Bertz CT molecular complexity index is 77.4. The standard InChI is InChI=1S/C4H8.C3H9BO2.2C2H6/c1-4(2)3;1-4(5-2)6-3;2*1-2/h1H2,2-3H3;1-3H3;2*1-2H3. The minimum Gasteiger partial charge on any atom is -0.414 e. The monoisotopic (exact) mass is 204 g/mol.